The van der Waals surface area contributed by atoms with Gasteiger partial charge in [0.1, 0.15) is 11.5 Å². The number of hydrogen-bond acceptors (Lipinski definition) is 6. The third kappa shape index (κ3) is 3.18. The molecular formula is C12H18N4O3. The zero-order chi connectivity index (χ0) is 13.7. The first-order valence-electron chi connectivity index (χ1n) is 6.31. The van der Waals surface area contributed by atoms with Crippen molar-refractivity contribution >= 4 is 11.7 Å². The van der Waals surface area contributed by atoms with E-state index in [1.165, 1.54) is 12.4 Å². The van der Waals surface area contributed by atoms with Crippen molar-refractivity contribution in [1.82, 2.24) is 14.9 Å². The summed E-state index contributed by atoms with van der Waals surface area (Å²) in [7, 11) is 0. The second-order valence-corrected chi connectivity index (χ2v) is 4.23. The molecular weight excluding hydrogens is 248 g/mol. The summed E-state index contributed by atoms with van der Waals surface area (Å²) in [5.41, 5.74) is 0.280. The van der Waals surface area contributed by atoms with Gasteiger partial charge in [-0.05, 0) is 6.92 Å². The van der Waals surface area contributed by atoms with Crippen molar-refractivity contribution in [2.45, 2.75) is 13.0 Å². The number of aliphatic hydroxyl groups is 1. The van der Waals surface area contributed by atoms with E-state index in [4.69, 9.17) is 4.74 Å². The Bertz CT molecular complexity index is 423. The molecule has 0 aliphatic carbocycles. The van der Waals surface area contributed by atoms with Crippen molar-refractivity contribution in [2.24, 2.45) is 0 Å². The van der Waals surface area contributed by atoms with Crippen molar-refractivity contribution in [3.05, 3.63) is 18.1 Å². The summed E-state index contributed by atoms with van der Waals surface area (Å²) in [6.07, 6.45) is 2.98. The van der Waals surface area contributed by atoms with Gasteiger partial charge in [0.05, 0.1) is 38.3 Å². The summed E-state index contributed by atoms with van der Waals surface area (Å²) >= 11 is 0. The highest BCUT2D eigenvalue weighted by molar-refractivity contribution is 5.92. The first kappa shape index (κ1) is 13.7. The molecule has 1 aromatic heterocycles. The Labute approximate surface area is 111 Å². The van der Waals surface area contributed by atoms with Crippen LogP contribution in [-0.2, 0) is 4.74 Å². The van der Waals surface area contributed by atoms with Crippen LogP contribution in [0.25, 0.3) is 0 Å². The molecule has 1 amide bonds. The number of ether oxygens (including phenoxy) is 1. The number of nitrogens with one attached hydrogen (secondary N) is 1. The van der Waals surface area contributed by atoms with Gasteiger partial charge in [0, 0.05) is 13.1 Å². The fraction of sp³-hybridized carbons (Fsp3) is 0.583. The maximum absolute atomic E-state index is 12.3. The predicted octanol–water partition coefficient (Wildman–Crippen LogP) is -0.258. The molecule has 0 aromatic carbocycles. The zero-order valence-electron chi connectivity index (χ0n) is 10.9. The SMILES string of the molecule is CCNc1cnc(C(=O)N2CCOCC2CO)cn1. The molecule has 19 heavy (non-hydrogen) atoms. The second-order valence-electron chi connectivity index (χ2n) is 4.23. The van der Waals surface area contributed by atoms with Crippen molar-refractivity contribution in [3.63, 3.8) is 0 Å². The first-order chi connectivity index (χ1) is 9.26. The molecule has 0 spiro atoms. The zero-order valence-corrected chi connectivity index (χ0v) is 10.9. The highest BCUT2D eigenvalue weighted by Crippen LogP contribution is 2.11. The molecule has 104 valence electrons. The van der Waals surface area contributed by atoms with Crippen LogP contribution in [0.4, 0.5) is 5.82 Å². The minimum atomic E-state index is -0.309. The van der Waals surface area contributed by atoms with Crippen molar-refractivity contribution < 1.29 is 14.6 Å². The van der Waals surface area contributed by atoms with Crippen LogP contribution in [0.15, 0.2) is 12.4 Å². The normalized spacial score (nSPS) is 19.3. The third-order valence-corrected chi connectivity index (χ3v) is 2.93. The van der Waals surface area contributed by atoms with Gasteiger partial charge in [0.25, 0.3) is 5.91 Å². The minimum Gasteiger partial charge on any atom is -0.394 e. The maximum Gasteiger partial charge on any atom is 0.274 e. The lowest BCUT2D eigenvalue weighted by Gasteiger charge is -2.34. The molecule has 0 bridgehead atoms. The van der Waals surface area contributed by atoms with Gasteiger partial charge in [-0.25, -0.2) is 9.97 Å². The van der Waals surface area contributed by atoms with Crippen molar-refractivity contribution in [1.29, 1.82) is 0 Å². The van der Waals surface area contributed by atoms with E-state index < -0.39 is 0 Å². The number of carbonyl (C=O) groups excluding carboxylic acids is 1. The molecule has 1 saturated heterocycles. The number of aromatic nitrogens is 2. The lowest BCUT2D eigenvalue weighted by Crippen LogP contribution is -2.50. The van der Waals surface area contributed by atoms with Crippen LogP contribution in [-0.4, -0.2) is 64.8 Å². The van der Waals surface area contributed by atoms with E-state index in [1.807, 2.05) is 6.92 Å². The third-order valence-electron chi connectivity index (χ3n) is 2.93. The number of rotatable bonds is 4. The number of morpholine rings is 1. The van der Waals surface area contributed by atoms with Gasteiger partial charge < -0.3 is 20.1 Å². The number of anilines is 1. The van der Waals surface area contributed by atoms with Crippen LogP contribution < -0.4 is 5.32 Å². The van der Waals surface area contributed by atoms with E-state index >= 15 is 0 Å². The molecule has 2 N–H and O–H groups in total. The summed E-state index contributed by atoms with van der Waals surface area (Å²) in [6, 6.07) is -0.309. The van der Waals surface area contributed by atoms with Gasteiger partial charge in [0.15, 0.2) is 0 Å². The molecule has 1 atom stereocenters. The molecule has 1 aromatic rings. The predicted molar refractivity (Wildman–Crippen MR) is 68.9 cm³/mol. The Hall–Kier alpha value is -1.73. The van der Waals surface area contributed by atoms with Crippen LogP contribution >= 0.6 is 0 Å². The van der Waals surface area contributed by atoms with Crippen LogP contribution in [0.1, 0.15) is 17.4 Å². The van der Waals surface area contributed by atoms with Crippen LogP contribution in [0.5, 0.6) is 0 Å². The van der Waals surface area contributed by atoms with Gasteiger partial charge in [-0.15, -0.1) is 0 Å². The summed E-state index contributed by atoms with van der Waals surface area (Å²) in [4.78, 5) is 22.1. The molecule has 1 unspecified atom stereocenters. The van der Waals surface area contributed by atoms with Gasteiger partial charge in [0.2, 0.25) is 0 Å². The van der Waals surface area contributed by atoms with E-state index in [1.54, 1.807) is 4.90 Å². The van der Waals surface area contributed by atoms with E-state index in [0.29, 0.717) is 25.6 Å². The fourth-order valence-corrected chi connectivity index (χ4v) is 1.93. The van der Waals surface area contributed by atoms with E-state index in [9.17, 15) is 9.90 Å². The number of hydrogen-bond donors (Lipinski definition) is 2. The molecule has 2 heterocycles. The van der Waals surface area contributed by atoms with E-state index in [2.05, 4.69) is 15.3 Å². The molecule has 1 aliphatic rings. The number of carbonyl (C=O) groups is 1. The lowest BCUT2D eigenvalue weighted by molar-refractivity contribution is -0.0186. The quantitative estimate of drug-likeness (QED) is 0.781. The van der Waals surface area contributed by atoms with Gasteiger partial charge in [-0.2, -0.15) is 0 Å². The fourth-order valence-electron chi connectivity index (χ4n) is 1.93. The average Bonchev–Trinajstić information content (AvgIpc) is 2.47. The van der Waals surface area contributed by atoms with Crippen LogP contribution in [0.3, 0.4) is 0 Å². The van der Waals surface area contributed by atoms with Crippen molar-refractivity contribution in [3.8, 4) is 0 Å². The molecule has 1 fully saturated rings. The summed E-state index contributed by atoms with van der Waals surface area (Å²) in [5.74, 6) is 0.414. The van der Waals surface area contributed by atoms with Crippen LogP contribution in [0.2, 0.25) is 0 Å². The summed E-state index contributed by atoms with van der Waals surface area (Å²) < 4.78 is 5.24. The molecule has 0 radical (unpaired) electrons. The molecule has 2 rings (SSSR count). The Morgan fingerprint density at radius 1 is 1.58 bits per heavy atom. The highest BCUT2D eigenvalue weighted by atomic mass is 16.5. The maximum atomic E-state index is 12.3. The smallest absolute Gasteiger partial charge is 0.274 e. The van der Waals surface area contributed by atoms with Crippen molar-refractivity contribution in [2.75, 3.05) is 38.2 Å². The number of nitrogens with zero attached hydrogens (tertiary/aromatic N) is 3. The molecule has 0 saturated carbocycles. The van der Waals surface area contributed by atoms with E-state index in [0.717, 1.165) is 6.54 Å². The van der Waals surface area contributed by atoms with E-state index in [-0.39, 0.29) is 24.2 Å². The Morgan fingerprint density at radius 3 is 3.05 bits per heavy atom. The largest absolute Gasteiger partial charge is 0.394 e. The minimum absolute atomic E-state index is 0.116. The monoisotopic (exact) mass is 266 g/mol. The Balaban J connectivity index is 2.09. The van der Waals surface area contributed by atoms with Crippen LogP contribution in [0, 0.1) is 0 Å². The lowest BCUT2D eigenvalue weighted by atomic mass is 10.2. The average molecular weight is 266 g/mol. The second kappa shape index (κ2) is 6.44. The summed E-state index contributed by atoms with van der Waals surface area (Å²) in [6.45, 7) is 3.88. The number of aliphatic hydroxyl groups excluding tert-OH is 1. The number of amides is 1. The highest BCUT2D eigenvalue weighted by Gasteiger charge is 2.28. The van der Waals surface area contributed by atoms with Gasteiger partial charge >= 0.3 is 0 Å². The standard InChI is InChI=1S/C12H18N4O3/c1-2-13-11-6-14-10(5-15-11)12(18)16-3-4-19-8-9(16)7-17/h5-6,9,17H,2-4,7-8H2,1H3,(H,13,15). The van der Waals surface area contributed by atoms with Gasteiger partial charge in [-0.1, -0.05) is 0 Å². The molecule has 7 nitrogen and oxygen atoms in total. The Morgan fingerprint density at radius 2 is 2.42 bits per heavy atom. The summed E-state index contributed by atoms with van der Waals surface area (Å²) in [5, 5.41) is 12.3. The molecule has 1 aliphatic heterocycles. The molecule has 7 heteroatoms. The topological polar surface area (TPSA) is 87.6 Å². The Kier molecular flexibility index (Phi) is 4.64. The first-order valence-corrected chi connectivity index (χ1v) is 6.31. The van der Waals surface area contributed by atoms with Gasteiger partial charge in [-0.3, -0.25) is 4.79 Å².